The first-order valence-corrected chi connectivity index (χ1v) is 13.5. The lowest BCUT2D eigenvalue weighted by Crippen LogP contribution is -2.41. The normalized spacial score (nSPS) is 11.9. The number of oxazole rings is 1. The Balaban J connectivity index is 1.62. The van der Waals surface area contributed by atoms with E-state index >= 15 is 0 Å². The van der Waals surface area contributed by atoms with Crippen molar-refractivity contribution in [3.05, 3.63) is 83.4 Å². The summed E-state index contributed by atoms with van der Waals surface area (Å²) in [5, 5.41) is 12.9. The fraction of sp³-hybridized carbons (Fsp3) is 0.222. The molecule has 4 aromatic rings. The molecule has 2 N–H and O–H groups in total. The molecule has 0 aliphatic rings. The lowest BCUT2D eigenvalue weighted by atomic mass is 9.94. The minimum atomic E-state index is -1.03. The molecule has 0 bridgehead atoms. The molecule has 0 aliphatic carbocycles. The summed E-state index contributed by atoms with van der Waals surface area (Å²) < 4.78 is 5.81. The first-order chi connectivity index (χ1) is 17.0. The van der Waals surface area contributed by atoms with Crippen molar-refractivity contribution in [1.82, 2.24) is 10.3 Å². The second-order valence-corrected chi connectivity index (χ2v) is 9.99. The largest absolute Gasteiger partial charge is 0.480 e. The molecular formula is C27H26N2O4S2. The summed E-state index contributed by atoms with van der Waals surface area (Å²) in [5.41, 5.74) is 5.75. The zero-order chi connectivity index (χ0) is 24.8. The van der Waals surface area contributed by atoms with Crippen molar-refractivity contribution in [2.75, 3.05) is 12.0 Å². The summed E-state index contributed by atoms with van der Waals surface area (Å²) in [5.74, 6) is -0.168. The van der Waals surface area contributed by atoms with Crippen molar-refractivity contribution in [3.8, 4) is 11.1 Å². The molecule has 8 heteroatoms. The predicted octanol–water partition coefficient (Wildman–Crippen LogP) is 6.03. The Labute approximate surface area is 212 Å². The van der Waals surface area contributed by atoms with E-state index in [-0.39, 0.29) is 0 Å². The van der Waals surface area contributed by atoms with E-state index in [1.807, 2.05) is 73.8 Å². The standard InChI is InChI=1S/C27H26N2O4S2/c1-17-7-3-4-8-19(17)21-15-18(16-35-27-29-22-9-5-6-10-24(22)33-27)11-12-20(21)25(30)28-23(26(31)32)13-14-34-2/h3-12,15,23H,13-14,16H2,1-2H3,(H,28,30)(H,31,32). The number of fused-ring (bicyclic) bond motifs is 1. The van der Waals surface area contributed by atoms with E-state index in [0.717, 1.165) is 33.4 Å². The van der Waals surface area contributed by atoms with Gasteiger partial charge in [-0.1, -0.05) is 54.2 Å². The average molecular weight is 507 g/mol. The van der Waals surface area contributed by atoms with Crippen LogP contribution in [0.4, 0.5) is 0 Å². The fourth-order valence-corrected chi connectivity index (χ4v) is 5.02. The quantitative estimate of drug-likeness (QED) is 0.254. The topological polar surface area (TPSA) is 92.4 Å². The number of thioether (sulfide) groups is 2. The van der Waals surface area contributed by atoms with Crippen molar-refractivity contribution < 1.29 is 19.1 Å². The minimum Gasteiger partial charge on any atom is -0.480 e. The number of nitrogens with zero attached hydrogens (tertiary/aromatic N) is 1. The Bertz CT molecular complexity index is 1320. The van der Waals surface area contributed by atoms with Crippen LogP contribution in [0.1, 0.15) is 27.9 Å². The number of carbonyl (C=O) groups excluding carboxylic acids is 1. The molecule has 1 aromatic heterocycles. The van der Waals surface area contributed by atoms with Gasteiger partial charge in [0, 0.05) is 11.3 Å². The van der Waals surface area contributed by atoms with Gasteiger partial charge in [-0.05, 0) is 71.9 Å². The maximum absolute atomic E-state index is 13.2. The van der Waals surface area contributed by atoms with Crippen LogP contribution in [-0.2, 0) is 10.5 Å². The highest BCUT2D eigenvalue weighted by Gasteiger charge is 2.23. The zero-order valence-electron chi connectivity index (χ0n) is 19.5. The van der Waals surface area contributed by atoms with Gasteiger partial charge in [0.25, 0.3) is 11.1 Å². The van der Waals surface area contributed by atoms with E-state index in [2.05, 4.69) is 10.3 Å². The number of benzene rings is 3. The molecule has 0 fully saturated rings. The molecule has 1 atom stereocenters. The van der Waals surface area contributed by atoms with E-state index in [0.29, 0.717) is 28.7 Å². The van der Waals surface area contributed by atoms with Gasteiger partial charge in [-0.3, -0.25) is 4.79 Å². The zero-order valence-corrected chi connectivity index (χ0v) is 21.1. The van der Waals surface area contributed by atoms with Crippen LogP contribution in [0.3, 0.4) is 0 Å². The van der Waals surface area contributed by atoms with Gasteiger partial charge >= 0.3 is 5.97 Å². The van der Waals surface area contributed by atoms with Crippen molar-refractivity contribution in [2.45, 2.75) is 30.4 Å². The third kappa shape index (κ3) is 6.07. The first-order valence-electron chi connectivity index (χ1n) is 11.2. The highest BCUT2D eigenvalue weighted by molar-refractivity contribution is 7.98. The number of rotatable bonds is 10. The van der Waals surface area contributed by atoms with Crippen LogP contribution >= 0.6 is 23.5 Å². The third-order valence-electron chi connectivity index (χ3n) is 5.61. The van der Waals surface area contributed by atoms with E-state index in [9.17, 15) is 14.7 Å². The Kier molecular flexibility index (Phi) is 8.15. The molecular weight excluding hydrogens is 480 g/mol. The molecule has 1 amide bonds. The van der Waals surface area contributed by atoms with Crippen LogP contribution in [0.5, 0.6) is 0 Å². The van der Waals surface area contributed by atoms with Gasteiger partial charge in [-0.15, -0.1) is 0 Å². The number of hydrogen-bond donors (Lipinski definition) is 2. The van der Waals surface area contributed by atoms with Gasteiger partial charge in [0.2, 0.25) is 0 Å². The summed E-state index contributed by atoms with van der Waals surface area (Å²) >= 11 is 3.04. The Morgan fingerprint density at radius 3 is 2.57 bits per heavy atom. The number of nitrogens with one attached hydrogen (secondary N) is 1. The fourth-order valence-electron chi connectivity index (χ4n) is 3.76. The molecule has 0 aliphatic heterocycles. The van der Waals surface area contributed by atoms with E-state index in [1.54, 1.807) is 17.8 Å². The molecule has 4 rings (SSSR count). The van der Waals surface area contributed by atoms with Crippen LogP contribution in [-0.4, -0.2) is 40.0 Å². The van der Waals surface area contributed by atoms with Gasteiger partial charge < -0.3 is 14.8 Å². The van der Waals surface area contributed by atoms with Gasteiger partial charge in [0.1, 0.15) is 11.6 Å². The molecule has 6 nitrogen and oxygen atoms in total. The maximum Gasteiger partial charge on any atom is 0.326 e. The van der Waals surface area contributed by atoms with E-state index in [4.69, 9.17) is 4.42 Å². The van der Waals surface area contributed by atoms with Gasteiger partial charge in [-0.2, -0.15) is 11.8 Å². The molecule has 1 unspecified atom stereocenters. The van der Waals surface area contributed by atoms with Crippen molar-refractivity contribution in [3.63, 3.8) is 0 Å². The number of aliphatic carboxylic acids is 1. The summed E-state index contributed by atoms with van der Waals surface area (Å²) in [6, 6.07) is 20.2. The van der Waals surface area contributed by atoms with Crippen LogP contribution in [0.2, 0.25) is 0 Å². The lowest BCUT2D eigenvalue weighted by Gasteiger charge is -2.17. The first kappa shape index (κ1) is 24.9. The average Bonchev–Trinajstić information content (AvgIpc) is 3.28. The molecule has 1 heterocycles. The smallest absolute Gasteiger partial charge is 0.326 e. The summed E-state index contributed by atoms with van der Waals surface area (Å²) in [7, 11) is 0. The van der Waals surface area contributed by atoms with Crippen molar-refractivity contribution in [1.29, 1.82) is 0 Å². The Hall–Kier alpha value is -3.23. The third-order valence-corrected chi connectivity index (χ3v) is 7.16. The number of aromatic nitrogens is 1. The van der Waals surface area contributed by atoms with Gasteiger partial charge in [-0.25, -0.2) is 9.78 Å². The second kappa shape index (κ2) is 11.5. The summed E-state index contributed by atoms with van der Waals surface area (Å²) in [6.07, 6.45) is 2.27. The summed E-state index contributed by atoms with van der Waals surface area (Å²) in [4.78, 5) is 29.4. The van der Waals surface area contributed by atoms with Crippen molar-refractivity contribution in [2.24, 2.45) is 0 Å². The molecule has 0 saturated carbocycles. The van der Waals surface area contributed by atoms with Crippen LogP contribution in [0.15, 0.2) is 76.4 Å². The highest BCUT2D eigenvalue weighted by atomic mass is 32.2. The number of amides is 1. The van der Waals surface area contributed by atoms with Crippen LogP contribution < -0.4 is 5.32 Å². The number of carboxylic acid groups (broad SMARTS) is 1. The molecule has 35 heavy (non-hydrogen) atoms. The Morgan fingerprint density at radius 1 is 1.06 bits per heavy atom. The van der Waals surface area contributed by atoms with E-state index < -0.39 is 17.9 Å². The number of aryl methyl sites for hydroxylation is 1. The minimum absolute atomic E-state index is 0.362. The number of carboxylic acids is 1. The van der Waals surface area contributed by atoms with Crippen LogP contribution in [0.25, 0.3) is 22.2 Å². The highest BCUT2D eigenvalue weighted by Crippen LogP contribution is 2.31. The van der Waals surface area contributed by atoms with Crippen LogP contribution in [0, 0.1) is 6.92 Å². The molecule has 0 saturated heterocycles. The molecule has 0 spiro atoms. The maximum atomic E-state index is 13.2. The second-order valence-electron chi connectivity index (χ2n) is 8.08. The predicted molar refractivity (Wildman–Crippen MR) is 142 cm³/mol. The monoisotopic (exact) mass is 506 g/mol. The number of para-hydroxylation sites is 2. The molecule has 3 aromatic carbocycles. The Morgan fingerprint density at radius 2 is 1.83 bits per heavy atom. The molecule has 0 radical (unpaired) electrons. The van der Waals surface area contributed by atoms with E-state index in [1.165, 1.54) is 11.8 Å². The number of hydrogen-bond acceptors (Lipinski definition) is 6. The number of carbonyl (C=O) groups is 2. The molecule has 180 valence electrons. The SMILES string of the molecule is CSCCC(NC(=O)c1ccc(CSc2nc3ccccc3o2)cc1-c1ccccc1C)C(=O)O. The van der Waals surface area contributed by atoms with Gasteiger partial charge in [0.05, 0.1) is 0 Å². The van der Waals surface area contributed by atoms with Crippen molar-refractivity contribution >= 4 is 46.5 Å². The van der Waals surface area contributed by atoms with Gasteiger partial charge in [0.15, 0.2) is 5.58 Å². The lowest BCUT2D eigenvalue weighted by molar-refractivity contribution is -0.139. The summed E-state index contributed by atoms with van der Waals surface area (Å²) in [6.45, 7) is 2.00.